The molecular weight excluding hydrogens is 283 g/mol. The van der Waals surface area contributed by atoms with Gasteiger partial charge in [-0.2, -0.15) is 0 Å². The van der Waals surface area contributed by atoms with E-state index in [-0.39, 0.29) is 0 Å². The Balaban J connectivity index is 1.96. The van der Waals surface area contributed by atoms with Gasteiger partial charge in [0.25, 0.3) is 0 Å². The Kier molecular flexibility index (Phi) is 5.76. The predicted octanol–water partition coefficient (Wildman–Crippen LogP) is 2.84. The van der Waals surface area contributed by atoms with Gasteiger partial charge in [-0.1, -0.05) is 23.2 Å². The number of nitrogens with zero attached hydrogens (tertiary/aromatic N) is 1. The molecule has 19 heavy (non-hydrogen) atoms. The molecular formula is C14H20Cl2N2O. The van der Waals surface area contributed by atoms with Crippen LogP contribution in [0.3, 0.4) is 0 Å². The number of hydrogen-bond donors (Lipinski definition) is 1. The Labute approximate surface area is 124 Å². The largest absolute Gasteiger partial charge is 0.491 e. The fraction of sp³-hybridized carbons (Fsp3) is 0.571. The minimum atomic E-state index is 0.569. The molecule has 0 unspecified atom stereocenters. The zero-order valence-corrected chi connectivity index (χ0v) is 12.7. The summed E-state index contributed by atoms with van der Waals surface area (Å²) in [7, 11) is 0. The first-order valence-electron chi connectivity index (χ1n) is 6.74. The lowest BCUT2D eigenvalue weighted by molar-refractivity contribution is 0.244. The van der Waals surface area contributed by atoms with E-state index in [1.54, 1.807) is 0 Å². The van der Waals surface area contributed by atoms with Gasteiger partial charge in [0, 0.05) is 32.7 Å². The van der Waals surface area contributed by atoms with Gasteiger partial charge in [0.1, 0.15) is 0 Å². The maximum atomic E-state index is 6.20. The van der Waals surface area contributed by atoms with Crippen molar-refractivity contribution in [3.63, 3.8) is 0 Å². The summed E-state index contributed by atoms with van der Waals surface area (Å²) in [5.41, 5.74) is 1.16. The molecule has 1 N–H and O–H groups in total. The van der Waals surface area contributed by atoms with E-state index in [4.69, 9.17) is 27.9 Å². The topological polar surface area (TPSA) is 24.5 Å². The van der Waals surface area contributed by atoms with Crippen molar-refractivity contribution in [3.05, 3.63) is 27.7 Å². The van der Waals surface area contributed by atoms with Crippen LogP contribution in [0.15, 0.2) is 12.1 Å². The lowest BCUT2D eigenvalue weighted by Crippen LogP contribution is -2.44. The van der Waals surface area contributed by atoms with Crippen LogP contribution in [0.4, 0.5) is 0 Å². The summed E-state index contributed by atoms with van der Waals surface area (Å²) in [6.07, 6.45) is 0.964. The van der Waals surface area contributed by atoms with Gasteiger partial charge in [0.05, 0.1) is 16.7 Å². The summed E-state index contributed by atoms with van der Waals surface area (Å²) in [4.78, 5) is 2.45. The summed E-state index contributed by atoms with van der Waals surface area (Å²) in [5, 5.41) is 4.56. The monoisotopic (exact) mass is 302 g/mol. The minimum Gasteiger partial charge on any atom is -0.491 e. The van der Waals surface area contributed by atoms with Gasteiger partial charge < -0.3 is 15.0 Å². The van der Waals surface area contributed by atoms with E-state index >= 15 is 0 Å². The van der Waals surface area contributed by atoms with E-state index in [0.29, 0.717) is 22.4 Å². The summed E-state index contributed by atoms with van der Waals surface area (Å²) < 4.78 is 5.43. The molecule has 1 heterocycles. The fourth-order valence-corrected chi connectivity index (χ4v) is 2.90. The van der Waals surface area contributed by atoms with Crippen molar-refractivity contribution >= 4 is 23.2 Å². The molecule has 1 aliphatic heterocycles. The second-order valence-electron chi connectivity index (χ2n) is 4.66. The molecule has 1 saturated heterocycles. The number of ether oxygens (including phenoxy) is 1. The van der Waals surface area contributed by atoms with Crippen LogP contribution in [0.5, 0.6) is 5.75 Å². The molecule has 2 rings (SSSR count). The maximum Gasteiger partial charge on any atom is 0.156 e. The molecule has 0 saturated carbocycles. The number of halogens is 2. The third-order valence-electron chi connectivity index (χ3n) is 3.27. The standard InChI is InChI=1S/C14H20Cl2N2O/c1-2-19-14-12(15)9-11(10-13(14)16)3-6-18-7-4-17-5-8-18/h9-10,17H,2-8H2,1H3. The SMILES string of the molecule is CCOc1c(Cl)cc(CCN2CCNCC2)cc1Cl. The highest BCUT2D eigenvalue weighted by Gasteiger charge is 2.12. The number of rotatable bonds is 5. The first-order chi connectivity index (χ1) is 9.20. The predicted molar refractivity (Wildman–Crippen MR) is 80.6 cm³/mol. The van der Waals surface area contributed by atoms with Crippen LogP contribution in [0.1, 0.15) is 12.5 Å². The van der Waals surface area contributed by atoms with E-state index in [2.05, 4.69) is 10.2 Å². The van der Waals surface area contributed by atoms with Gasteiger partial charge in [-0.05, 0) is 31.0 Å². The van der Waals surface area contributed by atoms with Gasteiger partial charge in [-0.15, -0.1) is 0 Å². The summed E-state index contributed by atoms with van der Waals surface area (Å²) in [6.45, 7) is 7.90. The molecule has 0 amide bonds. The van der Waals surface area contributed by atoms with Gasteiger partial charge in [-0.25, -0.2) is 0 Å². The quantitative estimate of drug-likeness (QED) is 0.905. The van der Waals surface area contributed by atoms with Gasteiger partial charge in [0.2, 0.25) is 0 Å². The molecule has 0 atom stereocenters. The van der Waals surface area contributed by atoms with Crippen molar-refractivity contribution in [1.29, 1.82) is 0 Å². The number of hydrogen-bond acceptors (Lipinski definition) is 3. The maximum absolute atomic E-state index is 6.20. The van der Waals surface area contributed by atoms with Crippen LogP contribution in [0.2, 0.25) is 10.0 Å². The molecule has 0 bridgehead atoms. The van der Waals surface area contributed by atoms with Gasteiger partial charge >= 0.3 is 0 Å². The van der Waals surface area contributed by atoms with Crippen molar-refractivity contribution < 1.29 is 4.74 Å². The van der Waals surface area contributed by atoms with Crippen molar-refractivity contribution in [2.75, 3.05) is 39.3 Å². The van der Waals surface area contributed by atoms with Crippen molar-refractivity contribution in [3.8, 4) is 5.75 Å². The Morgan fingerprint density at radius 3 is 2.42 bits per heavy atom. The number of piperazine rings is 1. The van der Waals surface area contributed by atoms with Crippen LogP contribution < -0.4 is 10.1 Å². The Hall–Kier alpha value is -0.480. The lowest BCUT2D eigenvalue weighted by Gasteiger charge is -2.27. The zero-order chi connectivity index (χ0) is 13.7. The van der Waals surface area contributed by atoms with Crippen LogP contribution in [-0.2, 0) is 6.42 Å². The normalized spacial score (nSPS) is 16.6. The van der Waals surface area contributed by atoms with E-state index in [1.807, 2.05) is 19.1 Å². The molecule has 1 aromatic rings. The molecule has 106 valence electrons. The third kappa shape index (κ3) is 4.25. The molecule has 5 heteroatoms. The zero-order valence-electron chi connectivity index (χ0n) is 11.2. The molecule has 0 aliphatic carbocycles. The Morgan fingerprint density at radius 2 is 1.84 bits per heavy atom. The molecule has 1 aromatic carbocycles. The first-order valence-corrected chi connectivity index (χ1v) is 7.50. The number of benzene rings is 1. The highest BCUT2D eigenvalue weighted by Crippen LogP contribution is 2.34. The first kappa shape index (κ1) is 14.9. The Morgan fingerprint density at radius 1 is 1.21 bits per heavy atom. The average Bonchev–Trinajstić information content (AvgIpc) is 2.42. The molecule has 0 radical (unpaired) electrons. The van der Waals surface area contributed by atoms with Crippen LogP contribution in [0, 0.1) is 0 Å². The summed E-state index contributed by atoms with van der Waals surface area (Å²) in [5.74, 6) is 0.594. The van der Waals surface area contributed by atoms with E-state index < -0.39 is 0 Å². The van der Waals surface area contributed by atoms with Gasteiger partial charge in [-0.3, -0.25) is 0 Å². The Bertz CT molecular complexity index is 397. The average molecular weight is 303 g/mol. The van der Waals surface area contributed by atoms with Crippen LogP contribution in [0.25, 0.3) is 0 Å². The second-order valence-corrected chi connectivity index (χ2v) is 5.48. The number of nitrogens with one attached hydrogen (secondary N) is 1. The summed E-state index contributed by atoms with van der Waals surface area (Å²) >= 11 is 12.4. The van der Waals surface area contributed by atoms with Crippen molar-refractivity contribution in [2.24, 2.45) is 0 Å². The van der Waals surface area contributed by atoms with Crippen molar-refractivity contribution in [2.45, 2.75) is 13.3 Å². The molecule has 1 fully saturated rings. The van der Waals surface area contributed by atoms with E-state index in [1.165, 1.54) is 0 Å². The molecule has 3 nitrogen and oxygen atoms in total. The van der Waals surface area contributed by atoms with Gasteiger partial charge in [0.15, 0.2) is 5.75 Å². The van der Waals surface area contributed by atoms with E-state index in [0.717, 1.165) is 44.7 Å². The van der Waals surface area contributed by atoms with Crippen molar-refractivity contribution in [1.82, 2.24) is 10.2 Å². The molecule has 0 aromatic heterocycles. The molecule has 1 aliphatic rings. The second kappa shape index (κ2) is 7.34. The fourth-order valence-electron chi connectivity index (χ4n) is 2.26. The highest BCUT2D eigenvalue weighted by atomic mass is 35.5. The van der Waals surface area contributed by atoms with E-state index in [9.17, 15) is 0 Å². The smallest absolute Gasteiger partial charge is 0.156 e. The third-order valence-corrected chi connectivity index (χ3v) is 3.83. The highest BCUT2D eigenvalue weighted by molar-refractivity contribution is 6.37. The lowest BCUT2D eigenvalue weighted by atomic mass is 10.1. The minimum absolute atomic E-state index is 0.569. The van der Waals surface area contributed by atoms with Crippen LogP contribution >= 0.6 is 23.2 Å². The molecule has 0 spiro atoms. The summed E-state index contributed by atoms with van der Waals surface area (Å²) in [6, 6.07) is 3.92. The van der Waals surface area contributed by atoms with Crippen LogP contribution in [-0.4, -0.2) is 44.2 Å².